The van der Waals surface area contributed by atoms with E-state index in [1.807, 2.05) is 0 Å². The first-order chi connectivity index (χ1) is 12.5. The number of aliphatic carboxylic acids is 1. The molecule has 146 valence electrons. The largest absolute Gasteiger partial charge is 0.481 e. The first kappa shape index (κ1) is 22.0. The molecule has 0 saturated carbocycles. The average Bonchev–Trinajstić information content (AvgIpc) is 2.97. The minimum atomic E-state index is -0.757. The van der Waals surface area contributed by atoms with Gasteiger partial charge in [0.15, 0.2) is 0 Å². The fourth-order valence-corrected chi connectivity index (χ4v) is 1.99. The lowest BCUT2D eigenvalue weighted by Crippen LogP contribution is -2.18. The Labute approximate surface area is 157 Å². The van der Waals surface area contributed by atoms with E-state index in [1.54, 1.807) is 52.2 Å². The maximum Gasteiger partial charge on any atom is 0.314 e. The van der Waals surface area contributed by atoms with Crippen LogP contribution < -0.4 is 5.73 Å². The van der Waals surface area contributed by atoms with Crippen LogP contribution in [0.4, 0.5) is 5.69 Å². The molecule has 9 heteroatoms. The van der Waals surface area contributed by atoms with Crippen LogP contribution in [0.15, 0.2) is 37.2 Å². The summed E-state index contributed by atoms with van der Waals surface area (Å²) in [6.45, 7) is 8.62. The molecular weight excluding hydrogens is 350 g/mol. The van der Waals surface area contributed by atoms with Crippen molar-refractivity contribution in [2.45, 2.75) is 33.2 Å². The summed E-state index contributed by atoms with van der Waals surface area (Å²) in [4.78, 5) is 24.8. The van der Waals surface area contributed by atoms with Crippen LogP contribution in [-0.2, 0) is 11.8 Å². The Balaban J connectivity index is 0.000000445. The quantitative estimate of drug-likeness (QED) is 0.465. The number of nitro groups is 1. The zero-order chi connectivity index (χ0) is 20.8. The number of aromatic nitrogens is 3. The zero-order valence-electron chi connectivity index (χ0n) is 15.9. The van der Waals surface area contributed by atoms with Gasteiger partial charge in [-0.15, -0.1) is 6.58 Å². The van der Waals surface area contributed by atoms with Gasteiger partial charge >= 0.3 is 11.7 Å². The van der Waals surface area contributed by atoms with Gasteiger partial charge in [0.1, 0.15) is 11.9 Å². The monoisotopic (exact) mass is 375 g/mol. The first-order valence-corrected chi connectivity index (χ1v) is 8.21. The molecule has 0 aromatic carbocycles. The zero-order valence-corrected chi connectivity index (χ0v) is 15.9. The molecule has 2 heterocycles. The highest BCUT2D eigenvalue weighted by atomic mass is 16.6. The third-order valence-corrected chi connectivity index (χ3v) is 3.61. The molecule has 0 saturated heterocycles. The van der Waals surface area contributed by atoms with Crippen molar-refractivity contribution in [2.24, 2.45) is 18.2 Å². The Morgan fingerprint density at radius 2 is 2.11 bits per heavy atom. The highest BCUT2D eigenvalue weighted by Crippen LogP contribution is 2.30. The fraction of sp³-hybridized carbons (Fsp3) is 0.389. The number of aryl methyl sites for hydroxylation is 1. The average molecular weight is 375 g/mol. The molecule has 0 bridgehead atoms. The molecule has 0 radical (unpaired) electrons. The van der Waals surface area contributed by atoms with Gasteiger partial charge in [-0.1, -0.05) is 6.08 Å². The molecule has 0 amide bonds. The molecule has 27 heavy (non-hydrogen) atoms. The number of hydrogen-bond acceptors (Lipinski definition) is 6. The van der Waals surface area contributed by atoms with Crippen LogP contribution >= 0.6 is 0 Å². The van der Waals surface area contributed by atoms with Crippen molar-refractivity contribution in [3.05, 3.63) is 53.0 Å². The maximum atomic E-state index is 11.0. The minimum Gasteiger partial charge on any atom is -0.481 e. The number of carboxylic acids is 1. The van der Waals surface area contributed by atoms with Crippen molar-refractivity contribution in [1.82, 2.24) is 14.8 Å². The van der Waals surface area contributed by atoms with E-state index in [4.69, 9.17) is 10.8 Å². The highest BCUT2D eigenvalue weighted by Gasteiger charge is 2.21. The van der Waals surface area contributed by atoms with E-state index in [-0.39, 0.29) is 11.7 Å². The van der Waals surface area contributed by atoms with E-state index < -0.39 is 16.3 Å². The van der Waals surface area contributed by atoms with Gasteiger partial charge in [-0.2, -0.15) is 5.10 Å². The SMILES string of the molecule is C=CC[C@H](N)c1cc(-c2c([N+](=O)[O-])cnn2C)ccn1.CC(C)(C)C(=O)O. The van der Waals surface area contributed by atoms with Crippen LogP contribution in [0.25, 0.3) is 11.3 Å². The molecule has 0 aliphatic heterocycles. The molecule has 3 N–H and O–H groups in total. The predicted molar refractivity (Wildman–Crippen MR) is 102 cm³/mol. The van der Waals surface area contributed by atoms with Gasteiger partial charge in [0.05, 0.1) is 22.1 Å². The second-order valence-electron chi connectivity index (χ2n) is 6.91. The Bertz CT molecular complexity index is 823. The Kier molecular flexibility index (Phi) is 7.36. The molecule has 9 nitrogen and oxygen atoms in total. The van der Waals surface area contributed by atoms with Crippen LogP contribution in [0.3, 0.4) is 0 Å². The molecule has 2 rings (SSSR count). The van der Waals surface area contributed by atoms with Gasteiger partial charge in [0.25, 0.3) is 0 Å². The van der Waals surface area contributed by atoms with Crippen LogP contribution in [0.5, 0.6) is 0 Å². The Hall–Kier alpha value is -3.07. The molecular formula is C18H25N5O4. The number of hydrogen-bond donors (Lipinski definition) is 2. The fourth-order valence-electron chi connectivity index (χ4n) is 1.99. The van der Waals surface area contributed by atoms with Crippen LogP contribution in [-0.4, -0.2) is 30.8 Å². The minimum absolute atomic E-state index is 0.0399. The number of carbonyl (C=O) groups is 1. The van der Waals surface area contributed by atoms with Crippen molar-refractivity contribution >= 4 is 11.7 Å². The summed E-state index contributed by atoms with van der Waals surface area (Å²) in [6.07, 6.45) is 5.12. The highest BCUT2D eigenvalue weighted by molar-refractivity contribution is 5.72. The summed E-state index contributed by atoms with van der Waals surface area (Å²) in [7, 11) is 1.66. The number of pyridine rings is 1. The van der Waals surface area contributed by atoms with E-state index >= 15 is 0 Å². The number of nitrogens with zero attached hydrogens (tertiary/aromatic N) is 4. The molecule has 0 fully saturated rings. The summed E-state index contributed by atoms with van der Waals surface area (Å²) in [5, 5.41) is 23.2. The normalized spacial score (nSPS) is 11.9. The van der Waals surface area contributed by atoms with Crippen molar-refractivity contribution in [1.29, 1.82) is 0 Å². The molecule has 2 aromatic heterocycles. The Morgan fingerprint density at radius 3 is 2.59 bits per heavy atom. The van der Waals surface area contributed by atoms with E-state index in [0.717, 1.165) is 0 Å². The summed E-state index contributed by atoms with van der Waals surface area (Å²) < 4.78 is 1.47. The lowest BCUT2D eigenvalue weighted by molar-refractivity contribution is -0.384. The topological polar surface area (TPSA) is 137 Å². The van der Waals surface area contributed by atoms with Crippen molar-refractivity contribution in [2.75, 3.05) is 0 Å². The van der Waals surface area contributed by atoms with Gasteiger partial charge in [-0.05, 0) is 39.3 Å². The summed E-state index contributed by atoms with van der Waals surface area (Å²) in [5.41, 5.74) is 7.12. The van der Waals surface area contributed by atoms with Crippen LogP contribution in [0.1, 0.15) is 38.9 Å². The summed E-state index contributed by atoms with van der Waals surface area (Å²) >= 11 is 0. The second-order valence-corrected chi connectivity index (χ2v) is 6.91. The van der Waals surface area contributed by atoms with Crippen molar-refractivity contribution in [3.8, 4) is 11.3 Å². The first-order valence-electron chi connectivity index (χ1n) is 8.21. The smallest absolute Gasteiger partial charge is 0.314 e. The predicted octanol–water partition coefficient (Wildman–Crippen LogP) is 3.08. The Morgan fingerprint density at radius 1 is 1.52 bits per heavy atom. The van der Waals surface area contributed by atoms with Crippen LogP contribution in [0.2, 0.25) is 0 Å². The van der Waals surface area contributed by atoms with E-state index in [0.29, 0.717) is 23.4 Å². The van der Waals surface area contributed by atoms with E-state index in [9.17, 15) is 14.9 Å². The van der Waals surface area contributed by atoms with Crippen LogP contribution in [0, 0.1) is 15.5 Å². The van der Waals surface area contributed by atoms with Crippen molar-refractivity contribution in [3.63, 3.8) is 0 Å². The van der Waals surface area contributed by atoms with Gasteiger partial charge in [0, 0.05) is 18.8 Å². The molecule has 2 aromatic rings. The number of nitrogens with two attached hydrogens (primary N) is 1. The third-order valence-electron chi connectivity index (χ3n) is 3.61. The second kappa shape index (κ2) is 9.04. The molecule has 0 spiro atoms. The maximum absolute atomic E-state index is 11.0. The summed E-state index contributed by atoms with van der Waals surface area (Å²) in [6, 6.07) is 3.17. The van der Waals surface area contributed by atoms with Gasteiger partial charge in [-0.3, -0.25) is 24.6 Å². The van der Waals surface area contributed by atoms with E-state index in [2.05, 4.69) is 16.7 Å². The third kappa shape index (κ3) is 6.00. The van der Waals surface area contributed by atoms with Gasteiger partial charge in [-0.25, -0.2) is 0 Å². The number of rotatable bonds is 5. The standard InChI is InChI=1S/C13H15N5O2.C5H10O2/c1-3-4-10(14)11-7-9(5-6-15-11)13-12(18(19)20)8-16-17(13)2;1-5(2,3)4(6)7/h3,5-8,10H,1,4,14H2,2H3;1-3H3,(H,6,7)/t10-;/m0./s1. The molecule has 0 aliphatic rings. The molecule has 0 unspecified atom stereocenters. The van der Waals surface area contributed by atoms with Crippen molar-refractivity contribution < 1.29 is 14.8 Å². The summed E-state index contributed by atoms with van der Waals surface area (Å²) in [5.74, 6) is -0.757. The van der Waals surface area contributed by atoms with E-state index in [1.165, 1.54) is 10.9 Å². The van der Waals surface area contributed by atoms with Gasteiger partial charge < -0.3 is 10.8 Å². The molecule has 0 aliphatic carbocycles. The lowest BCUT2D eigenvalue weighted by atomic mass is 9.98. The number of carboxylic acid groups (broad SMARTS) is 1. The van der Waals surface area contributed by atoms with Gasteiger partial charge in [0.2, 0.25) is 0 Å². The lowest BCUT2D eigenvalue weighted by Gasteiger charge is -2.10. The molecule has 1 atom stereocenters.